The van der Waals surface area contributed by atoms with Gasteiger partial charge < -0.3 is 24.4 Å². The van der Waals surface area contributed by atoms with E-state index in [1.54, 1.807) is 26.5 Å². The quantitative estimate of drug-likeness (QED) is 0.494. The predicted molar refractivity (Wildman–Crippen MR) is 121 cm³/mol. The van der Waals surface area contributed by atoms with E-state index in [1.807, 2.05) is 6.07 Å². The SMILES string of the molecule is COc1cc2ncc(C#N)c(N3CCCN(CCNS(=O)(=O)NC(=O)O)CC3)c2cc1OC. The second-order valence-corrected chi connectivity index (χ2v) is 8.84. The number of nitriles is 1. The molecule has 0 radical (unpaired) electrons. The highest BCUT2D eigenvalue weighted by atomic mass is 32.2. The summed E-state index contributed by atoms with van der Waals surface area (Å²) in [6, 6.07) is 5.83. The van der Waals surface area contributed by atoms with Crippen molar-refractivity contribution >= 4 is 32.9 Å². The molecule has 0 bridgehead atoms. The molecular formula is C20H26N6O6S. The third kappa shape index (κ3) is 5.92. The molecule has 1 aromatic heterocycles. The minimum atomic E-state index is -4.09. The zero-order chi connectivity index (χ0) is 24.0. The van der Waals surface area contributed by atoms with Gasteiger partial charge in [0, 0.05) is 50.4 Å². The Morgan fingerprint density at radius 1 is 1.21 bits per heavy atom. The van der Waals surface area contributed by atoms with Crippen LogP contribution in [0.4, 0.5) is 10.5 Å². The Hall–Kier alpha value is -3.34. The van der Waals surface area contributed by atoms with E-state index in [-0.39, 0.29) is 6.54 Å². The van der Waals surface area contributed by atoms with Crippen LogP contribution in [0, 0.1) is 11.3 Å². The molecule has 1 aliphatic rings. The first-order valence-electron chi connectivity index (χ1n) is 10.2. The van der Waals surface area contributed by atoms with Gasteiger partial charge in [-0.1, -0.05) is 0 Å². The maximum absolute atomic E-state index is 11.6. The maximum atomic E-state index is 11.6. The van der Waals surface area contributed by atoms with E-state index in [1.165, 1.54) is 4.72 Å². The number of ether oxygens (including phenoxy) is 2. The molecule has 1 amide bonds. The van der Waals surface area contributed by atoms with Crippen LogP contribution in [0.2, 0.25) is 0 Å². The van der Waals surface area contributed by atoms with Gasteiger partial charge in [-0.25, -0.2) is 9.52 Å². The lowest BCUT2D eigenvalue weighted by molar-refractivity contribution is 0.201. The number of carboxylic acid groups (broad SMARTS) is 1. The lowest BCUT2D eigenvalue weighted by Gasteiger charge is -2.26. The van der Waals surface area contributed by atoms with Crippen molar-refractivity contribution in [2.45, 2.75) is 6.42 Å². The number of nitrogens with zero attached hydrogens (tertiary/aromatic N) is 4. The van der Waals surface area contributed by atoms with Gasteiger partial charge >= 0.3 is 16.3 Å². The summed E-state index contributed by atoms with van der Waals surface area (Å²) in [5, 5.41) is 19.1. The zero-order valence-electron chi connectivity index (χ0n) is 18.4. The molecule has 1 fully saturated rings. The second-order valence-electron chi connectivity index (χ2n) is 7.34. The van der Waals surface area contributed by atoms with E-state index >= 15 is 0 Å². The van der Waals surface area contributed by atoms with Crippen LogP contribution in [-0.4, -0.2) is 83.0 Å². The summed E-state index contributed by atoms with van der Waals surface area (Å²) in [6.45, 7) is 3.17. The molecule has 12 nitrogen and oxygen atoms in total. The van der Waals surface area contributed by atoms with Gasteiger partial charge in [0.15, 0.2) is 11.5 Å². The van der Waals surface area contributed by atoms with Gasteiger partial charge in [0.25, 0.3) is 0 Å². The molecule has 0 aliphatic carbocycles. The molecule has 0 atom stereocenters. The molecule has 3 rings (SSSR count). The highest BCUT2D eigenvalue weighted by Crippen LogP contribution is 2.37. The number of rotatable bonds is 8. The highest BCUT2D eigenvalue weighted by Gasteiger charge is 2.22. The fourth-order valence-corrected chi connectivity index (χ4v) is 4.50. The Kier molecular flexibility index (Phi) is 7.75. The van der Waals surface area contributed by atoms with Gasteiger partial charge in [-0.3, -0.25) is 4.98 Å². The Balaban J connectivity index is 1.77. The van der Waals surface area contributed by atoms with Crippen LogP contribution < -0.4 is 23.8 Å². The number of carbonyl (C=O) groups is 1. The zero-order valence-corrected chi connectivity index (χ0v) is 19.2. The minimum absolute atomic E-state index is 0.0707. The predicted octanol–water partition coefficient (Wildman–Crippen LogP) is 0.738. The lowest BCUT2D eigenvalue weighted by atomic mass is 10.1. The first-order chi connectivity index (χ1) is 15.8. The van der Waals surface area contributed by atoms with E-state index < -0.39 is 16.3 Å². The number of amides is 1. The number of fused-ring (bicyclic) bond motifs is 1. The molecular weight excluding hydrogens is 452 g/mol. The van der Waals surface area contributed by atoms with E-state index in [2.05, 4.69) is 25.6 Å². The molecule has 33 heavy (non-hydrogen) atoms. The van der Waals surface area contributed by atoms with Crippen molar-refractivity contribution in [2.24, 2.45) is 0 Å². The second kappa shape index (κ2) is 10.5. The molecule has 178 valence electrons. The van der Waals surface area contributed by atoms with Crippen molar-refractivity contribution in [3.05, 3.63) is 23.9 Å². The van der Waals surface area contributed by atoms with Crippen molar-refractivity contribution in [2.75, 3.05) is 58.4 Å². The first-order valence-corrected chi connectivity index (χ1v) is 11.7. The third-order valence-electron chi connectivity index (χ3n) is 5.31. The van der Waals surface area contributed by atoms with Crippen LogP contribution in [0.25, 0.3) is 10.9 Å². The Morgan fingerprint density at radius 2 is 1.94 bits per heavy atom. The number of pyridine rings is 1. The summed E-state index contributed by atoms with van der Waals surface area (Å²) in [7, 11) is -0.990. The molecule has 13 heteroatoms. The molecule has 1 aromatic carbocycles. The van der Waals surface area contributed by atoms with Crippen molar-refractivity contribution in [1.82, 2.24) is 19.3 Å². The van der Waals surface area contributed by atoms with Crippen LogP contribution in [0.15, 0.2) is 18.3 Å². The fourth-order valence-electron chi connectivity index (χ4n) is 3.83. The summed E-state index contributed by atoms with van der Waals surface area (Å²) in [6.07, 6.45) is 0.707. The summed E-state index contributed by atoms with van der Waals surface area (Å²) < 4.78 is 37.6. The lowest BCUT2D eigenvalue weighted by Crippen LogP contribution is -2.43. The summed E-state index contributed by atoms with van der Waals surface area (Å²) >= 11 is 0. The number of benzene rings is 1. The van der Waals surface area contributed by atoms with E-state index in [0.717, 1.165) is 24.0 Å². The van der Waals surface area contributed by atoms with Crippen molar-refractivity contribution in [3.8, 4) is 17.6 Å². The minimum Gasteiger partial charge on any atom is -0.493 e. The normalized spacial score (nSPS) is 15.0. The Bertz CT molecular complexity index is 1170. The van der Waals surface area contributed by atoms with Gasteiger partial charge in [-0.15, -0.1) is 0 Å². The van der Waals surface area contributed by atoms with Crippen molar-refractivity contribution < 1.29 is 27.8 Å². The van der Waals surface area contributed by atoms with E-state index in [0.29, 0.717) is 48.8 Å². The first kappa shape index (κ1) is 24.3. The Morgan fingerprint density at radius 3 is 2.61 bits per heavy atom. The van der Waals surface area contributed by atoms with E-state index in [9.17, 15) is 18.5 Å². The smallest absolute Gasteiger partial charge is 0.419 e. The molecule has 0 spiro atoms. The van der Waals surface area contributed by atoms with Crippen LogP contribution in [0.3, 0.4) is 0 Å². The largest absolute Gasteiger partial charge is 0.493 e. The highest BCUT2D eigenvalue weighted by molar-refractivity contribution is 7.88. The summed E-state index contributed by atoms with van der Waals surface area (Å²) in [5.74, 6) is 1.09. The average Bonchev–Trinajstić information content (AvgIpc) is 3.01. The third-order valence-corrected chi connectivity index (χ3v) is 6.34. The van der Waals surface area contributed by atoms with Gasteiger partial charge in [-0.2, -0.15) is 18.4 Å². The van der Waals surface area contributed by atoms with Crippen LogP contribution in [0.5, 0.6) is 11.5 Å². The van der Waals surface area contributed by atoms with Gasteiger partial charge in [0.05, 0.1) is 31.0 Å². The number of aromatic nitrogens is 1. The van der Waals surface area contributed by atoms with Crippen LogP contribution in [0.1, 0.15) is 12.0 Å². The molecule has 1 aliphatic heterocycles. The van der Waals surface area contributed by atoms with Crippen molar-refractivity contribution in [1.29, 1.82) is 5.26 Å². The fraction of sp³-hybridized carbons (Fsp3) is 0.450. The summed E-state index contributed by atoms with van der Waals surface area (Å²) in [4.78, 5) is 19.2. The van der Waals surface area contributed by atoms with Crippen LogP contribution >= 0.6 is 0 Å². The standard InChI is InChI=1S/C20H26N6O6S/c1-31-17-10-15-16(11-18(17)32-2)22-13-14(12-21)19(15)26-6-3-5-25(8-9-26)7-4-23-33(29,30)24-20(27)28/h10-11,13,23-24H,3-9H2,1-2H3,(H,27,28). The van der Waals surface area contributed by atoms with Gasteiger partial charge in [0.2, 0.25) is 0 Å². The maximum Gasteiger partial charge on any atom is 0.419 e. The molecule has 2 heterocycles. The molecule has 1 saturated heterocycles. The molecule has 0 saturated carbocycles. The number of anilines is 1. The van der Waals surface area contributed by atoms with Crippen molar-refractivity contribution in [3.63, 3.8) is 0 Å². The van der Waals surface area contributed by atoms with E-state index in [4.69, 9.17) is 14.6 Å². The molecule has 3 N–H and O–H groups in total. The topological polar surface area (TPSA) is 157 Å². The monoisotopic (exact) mass is 478 g/mol. The molecule has 0 unspecified atom stereocenters. The average molecular weight is 479 g/mol. The number of methoxy groups -OCH3 is 2. The Labute approximate surface area is 191 Å². The van der Waals surface area contributed by atoms with Gasteiger partial charge in [-0.05, 0) is 19.0 Å². The van der Waals surface area contributed by atoms with Crippen LogP contribution in [-0.2, 0) is 10.2 Å². The number of hydrogen-bond donors (Lipinski definition) is 3. The van der Waals surface area contributed by atoms with Gasteiger partial charge in [0.1, 0.15) is 6.07 Å². The summed E-state index contributed by atoms with van der Waals surface area (Å²) in [5.41, 5.74) is 1.91. The molecule has 2 aromatic rings. The number of nitrogens with one attached hydrogen (secondary N) is 2. The number of hydrogen-bond acceptors (Lipinski definition) is 9.